The highest BCUT2D eigenvalue weighted by molar-refractivity contribution is 7.13. The van der Waals surface area contributed by atoms with Crippen LogP contribution in [0.2, 0.25) is 0 Å². The van der Waals surface area contributed by atoms with E-state index in [4.69, 9.17) is 0 Å². The summed E-state index contributed by atoms with van der Waals surface area (Å²) >= 11 is 1.27. The normalized spacial score (nSPS) is 15.1. The molecule has 158 valence electrons. The minimum absolute atomic E-state index is 0.00294. The molecule has 0 bridgehead atoms. The van der Waals surface area contributed by atoms with Crippen molar-refractivity contribution in [2.75, 3.05) is 0 Å². The van der Waals surface area contributed by atoms with Crippen molar-refractivity contribution < 1.29 is 14.0 Å². The smallest absolute Gasteiger partial charge is 0.315 e. The molecule has 0 atom stereocenters. The Morgan fingerprint density at radius 3 is 2.09 bits per heavy atom. The Morgan fingerprint density at radius 2 is 1.47 bits per heavy atom. The van der Waals surface area contributed by atoms with E-state index in [0.717, 1.165) is 0 Å². The molecule has 1 aliphatic heterocycles. The van der Waals surface area contributed by atoms with Crippen molar-refractivity contribution in [3.63, 3.8) is 0 Å². The number of benzene rings is 3. The van der Waals surface area contributed by atoms with Crippen LogP contribution in [0.1, 0.15) is 16.8 Å². The van der Waals surface area contributed by atoms with Gasteiger partial charge in [0.1, 0.15) is 10.8 Å². The molecule has 7 heteroatoms. The van der Waals surface area contributed by atoms with Gasteiger partial charge in [0.2, 0.25) is 0 Å². The van der Waals surface area contributed by atoms with E-state index in [-0.39, 0.29) is 18.3 Å². The summed E-state index contributed by atoms with van der Waals surface area (Å²) in [6.07, 6.45) is 0. The predicted molar refractivity (Wildman–Crippen MR) is 120 cm³/mol. The number of aromatic nitrogens is 1. The van der Waals surface area contributed by atoms with E-state index >= 15 is 0 Å². The molecule has 1 saturated heterocycles. The van der Waals surface area contributed by atoms with Crippen molar-refractivity contribution in [1.29, 1.82) is 0 Å². The molecule has 3 amide bonds. The summed E-state index contributed by atoms with van der Waals surface area (Å²) in [4.78, 5) is 32.4. The maximum atomic E-state index is 14.1. The van der Waals surface area contributed by atoms with E-state index in [1.54, 1.807) is 23.6 Å². The number of urea groups is 1. The van der Waals surface area contributed by atoms with Gasteiger partial charge in [0.15, 0.2) is 5.54 Å². The van der Waals surface area contributed by atoms with Crippen molar-refractivity contribution in [2.45, 2.75) is 12.1 Å². The second-order valence-electron chi connectivity index (χ2n) is 7.43. The van der Waals surface area contributed by atoms with Crippen molar-refractivity contribution in [3.05, 3.63) is 113 Å². The van der Waals surface area contributed by atoms with Gasteiger partial charge < -0.3 is 5.32 Å². The average Bonchev–Trinajstić information content (AvgIpc) is 3.39. The van der Waals surface area contributed by atoms with Crippen LogP contribution in [0.4, 0.5) is 9.18 Å². The first kappa shape index (κ1) is 20.1. The summed E-state index contributed by atoms with van der Waals surface area (Å²) in [6, 6.07) is 24.3. The zero-order chi connectivity index (χ0) is 22.1. The monoisotopic (exact) mass is 443 g/mol. The fourth-order valence-electron chi connectivity index (χ4n) is 3.95. The van der Waals surface area contributed by atoms with Crippen LogP contribution in [-0.2, 0) is 16.9 Å². The molecule has 3 aromatic carbocycles. The van der Waals surface area contributed by atoms with Gasteiger partial charge in [-0.1, -0.05) is 72.8 Å². The van der Waals surface area contributed by atoms with Crippen LogP contribution in [0.25, 0.3) is 10.6 Å². The van der Waals surface area contributed by atoms with Crippen LogP contribution in [0.3, 0.4) is 0 Å². The van der Waals surface area contributed by atoms with Gasteiger partial charge >= 0.3 is 6.03 Å². The fourth-order valence-corrected chi connectivity index (χ4v) is 4.79. The first-order chi connectivity index (χ1) is 15.6. The van der Waals surface area contributed by atoms with Crippen molar-refractivity contribution in [2.24, 2.45) is 0 Å². The lowest BCUT2D eigenvalue weighted by molar-refractivity contribution is -0.130. The van der Waals surface area contributed by atoms with E-state index < -0.39 is 11.6 Å². The van der Waals surface area contributed by atoms with Crippen molar-refractivity contribution in [3.8, 4) is 10.6 Å². The molecule has 1 fully saturated rings. The van der Waals surface area contributed by atoms with Crippen molar-refractivity contribution in [1.82, 2.24) is 15.2 Å². The Balaban J connectivity index is 1.50. The van der Waals surface area contributed by atoms with Gasteiger partial charge in [0, 0.05) is 10.9 Å². The first-order valence-electron chi connectivity index (χ1n) is 10.0. The molecular formula is C25H18FN3O2S. The van der Waals surface area contributed by atoms with E-state index in [1.807, 2.05) is 60.7 Å². The molecule has 0 radical (unpaired) electrons. The zero-order valence-corrected chi connectivity index (χ0v) is 17.7. The molecule has 32 heavy (non-hydrogen) atoms. The van der Waals surface area contributed by atoms with Crippen LogP contribution in [0.5, 0.6) is 0 Å². The standard InChI is InChI=1S/C25H18FN3O2S/c26-21-14-8-7-13-20(21)22-27-19(16-32-22)15-29-23(30)25(28-24(29)31,17-9-3-1-4-10-17)18-11-5-2-6-12-18/h1-14,16H,15H2,(H,28,31). The van der Waals surface area contributed by atoms with Crippen LogP contribution in [0.15, 0.2) is 90.3 Å². The average molecular weight is 444 g/mol. The topological polar surface area (TPSA) is 62.3 Å². The minimum Gasteiger partial charge on any atom is -0.315 e. The maximum Gasteiger partial charge on any atom is 0.325 e. The second kappa shape index (κ2) is 8.01. The molecule has 5 nitrogen and oxygen atoms in total. The lowest BCUT2D eigenvalue weighted by atomic mass is 9.82. The van der Waals surface area contributed by atoms with Gasteiger partial charge in [-0.25, -0.2) is 14.2 Å². The molecular weight excluding hydrogens is 425 g/mol. The molecule has 4 aromatic rings. The fraction of sp³-hybridized carbons (Fsp3) is 0.0800. The first-order valence-corrected chi connectivity index (χ1v) is 10.9. The number of imide groups is 1. The summed E-state index contributed by atoms with van der Waals surface area (Å²) in [7, 11) is 0. The van der Waals surface area contributed by atoms with Crippen LogP contribution < -0.4 is 5.32 Å². The highest BCUT2D eigenvalue weighted by Crippen LogP contribution is 2.37. The summed E-state index contributed by atoms with van der Waals surface area (Å²) in [5.74, 6) is -0.740. The SMILES string of the molecule is O=C1NC(c2ccccc2)(c2ccccc2)C(=O)N1Cc1csc(-c2ccccc2F)n1. The number of amides is 3. The Kier molecular flexibility index (Phi) is 5.03. The summed E-state index contributed by atoms with van der Waals surface area (Å²) in [6.45, 7) is -0.00294. The summed E-state index contributed by atoms with van der Waals surface area (Å²) < 4.78 is 14.1. The van der Waals surface area contributed by atoms with E-state index in [2.05, 4.69) is 10.3 Å². The molecule has 1 aliphatic rings. The number of carbonyl (C=O) groups excluding carboxylic acids is 2. The summed E-state index contributed by atoms with van der Waals surface area (Å²) in [5, 5.41) is 5.17. The largest absolute Gasteiger partial charge is 0.325 e. The zero-order valence-electron chi connectivity index (χ0n) is 16.9. The predicted octanol–water partition coefficient (Wildman–Crippen LogP) is 4.94. The van der Waals surface area contributed by atoms with Gasteiger partial charge in [-0.2, -0.15) is 0 Å². The van der Waals surface area contributed by atoms with Gasteiger partial charge in [-0.3, -0.25) is 9.69 Å². The Morgan fingerprint density at radius 1 is 0.875 bits per heavy atom. The summed E-state index contributed by atoms with van der Waals surface area (Å²) in [5.41, 5.74) is 0.955. The van der Waals surface area contributed by atoms with Crippen molar-refractivity contribution >= 4 is 23.3 Å². The number of nitrogens with one attached hydrogen (secondary N) is 1. The van der Waals surface area contributed by atoms with E-state index in [9.17, 15) is 14.0 Å². The number of rotatable bonds is 5. The lowest BCUT2D eigenvalue weighted by Crippen LogP contribution is -2.45. The molecule has 1 N–H and O–H groups in total. The number of hydrogen-bond acceptors (Lipinski definition) is 4. The van der Waals surface area contributed by atoms with Crippen LogP contribution in [-0.4, -0.2) is 21.8 Å². The van der Waals surface area contributed by atoms with Crippen LogP contribution >= 0.6 is 11.3 Å². The van der Waals surface area contributed by atoms with Crippen LogP contribution in [0, 0.1) is 5.82 Å². The maximum absolute atomic E-state index is 14.1. The molecule has 1 aromatic heterocycles. The van der Waals surface area contributed by atoms with E-state index in [1.165, 1.54) is 22.3 Å². The molecule has 0 spiro atoms. The van der Waals surface area contributed by atoms with Gasteiger partial charge in [0.25, 0.3) is 5.91 Å². The quantitative estimate of drug-likeness (QED) is 0.444. The second-order valence-corrected chi connectivity index (χ2v) is 8.29. The highest BCUT2D eigenvalue weighted by atomic mass is 32.1. The Bertz CT molecular complexity index is 1250. The molecule has 2 heterocycles. The number of thiazole rings is 1. The third-order valence-corrected chi connectivity index (χ3v) is 6.42. The molecule has 0 aliphatic carbocycles. The molecule has 0 saturated carbocycles. The van der Waals surface area contributed by atoms with E-state index in [0.29, 0.717) is 27.4 Å². The number of carbonyl (C=O) groups is 2. The Labute approximate surface area is 188 Å². The number of halogens is 1. The number of nitrogens with zero attached hydrogens (tertiary/aromatic N) is 2. The third kappa shape index (κ3) is 3.27. The lowest BCUT2D eigenvalue weighted by Gasteiger charge is -2.27. The molecule has 5 rings (SSSR count). The van der Waals surface area contributed by atoms with Gasteiger partial charge in [0.05, 0.1) is 12.2 Å². The Hall–Kier alpha value is -3.84. The van der Waals surface area contributed by atoms with Gasteiger partial charge in [-0.05, 0) is 23.3 Å². The van der Waals surface area contributed by atoms with Gasteiger partial charge in [-0.15, -0.1) is 11.3 Å². The molecule has 0 unspecified atom stereocenters. The number of hydrogen-bond donors (Lipinski definition) is 1. The third-order valence-electron chi connectivity index (χ3n) is 5.50. The highest BCUT2D eigenvalue weighted by Gasteiger charge is 2.53. The minimum atomic E-state index is -1.32.